The van der Waals surface area contributed by atoms with E-state index in [-0.39, 0.29) is 29.9 Å². The van der Waals surface area contributed by atoms with Crippen molar-refractivity contribution < 1.29 is 33.0 Å². The molecule has 0 unspecified atom stereocenters. The maximum absolute atomic E-state index is 12.9. The van der Waals surface area contributed by atoms with Crippen molar-refractivity contribution in [1.82, 2.24) is 10.2 Å². The number of urea groups is 1. The largest absolute Gasteiger partial charge is 0.490 e. The fraction of sp³-hybridized carbons (Fsp3) is 0.348. The van der Waals surface area contributed by atoms with Gasteiger partial charge in [-0.15, -0.1) is 0 Å². The molecule has 1 atom stereocenters. The van der Waals surface area contributed by atoms with E-state index in [0.29, 0.717) is 23.7 Å². The van der Waals surface area contributed by atoms with Crippen LogP contribution in [0.3, 0.4) is 0 Å². The summed E-state index contributed by atoms with van der Waals surface area (Å²) in [4.78, 5) is 37.8. The summed E-state index contributed by atoms with van der Waals surface area (Å²) in [5.41, 5.74) is 0.796. The van der Waals surface area contributed by atoms with E-state index >= 15 is 0 Å². The Bertz CT molecular complexity index is 1090. The summed E-state index contributed by atoms with van der Waals surface area (Å²) < 4.78 is 22.5. The van der Waals surface area contributed by atoms with Crippen LogP contribution in [-0.2, 0) is 16.1 Å². The van der Waals surface area contributed by atoms with Gasteiger partial charge in [0.2, 0.25) is 5.76 Å². The fourth-order valence-corrected chi connectivity index (χ4v) is 3.80. The van der Waals surface area contributed by atoms with Crippen LogP contribution < -0.4 is 14.8 Å². The normalized spacial score (nSPS) is 15.5. The number of imide groups is 1. The van der Waals surface area contributed by atoms with E-state index < -0.39 is 17.9 Å². The molecular weight excluding hydrogens is 543 g/mol. The highest BCUT2D eigenvalue weighted by molar-refractivity contribution is 14.1. The van der Waals surface area contributed by atoms with Crippen molar-refractivity contribution in [3.63, 3.8) is 0 Å². The highest BCUT2D eigenvalue weighted by Gasteiger charge is 2.34. The zero-order valence-electron chi connectivity index (χ0n) is 18.8. The molecule has 2 aromatic rings. The molecule has 1 aliphatic heterocycles. The standard InChI is InChI=1S/C23H25IN2O7/c1-5-13(3)32-20-16(24)9-14(11-19(20)31-6-2)10-17-21(27)26(23(29)25-17)12-15-7-8-18(33-15)22(28)30-4/h7-11,13H,5-6,12H2,1-4H3,(H,25,29)/b17-10-/t13-/m1/s1. The number of furan rings is 1. The van der Waals surface area contributed by atoms with Gasteiger partial charge in [-0.25, -0.2) is 9.59 Å². The van der Waals surface area contributed by atoms with Crippen molar-refractivity contribution >= 4 is 46.6 Å². The fourth-order valence-electron chi connectivity index (χ4n) is 3.04. The van der Waals surface area contributed by atoms with Crippen LogP contribution in [0.15, 0.2) is 34.4 Å². The molecule has 0 aliphatic carbocycles. The Morgan fingerprint density at radius 1 is 1.27 bits per heavy atom. The van der Waals surface area contributed by atoms with E-state index in [4.69, 9.17) is 13.9 Å². The Labute approximate surface area is 205 Å². The number of carbonyl (C=O) groups excluding carboxylic acids is 3. The lowest BCUT2D eigenvalue weighted by molar-refractivity contribution is -0.123. The van der Waals surface area contributed by atoms with Crippen molar-refractivity contribution in [2.24, 2.45) is 0 Å². The first kappa shape index (κ1) is 24.6. The quantitative estimate of drug-likeness (QED) is 0.208. The molecule has 1 N–H and O–H groups in total. The van der Waals surface area contributed by atoms with Crippen LogP contribution in [0, 0.1) is 3.57 Å². The molecule has 0 radical (unpaired) electrons. The molecule has 9 nitrogen and oxygen atoms in total. The van der Waals surface area contributed by atoms with Crippen LogP contribution in [-0.4, -0.2) is 42.6 Å². The molecule has 1 saturated heterocycles. The number of benzene rings is 1. The number of nitrogens with zero attached hydrogens (tertiary/aromatic N) is 1. The molecule has 1 fully saturated rings. The monoisotopic (exact) mass is 568 g/mol. The number of methoxy groups -OCH3 is 1. The molecule has 1 aromatic heterocycles. The molecule has 2 heterocycles. The average Bonchev–Trinajstić information content (AvgIpc) is 3.36. The number of hydrogen-bond acceptors (Lipinski definition) is 7. The Morgan fingerprint density at radius 3 is 2.70 bits per heavy atom. The number of halogens is 1. The molecule has 1 aromatic carbocycles. The Morgan fingerprint density at radius 2 is 2.03 bits per heavy atom. The molecule has 10 heteroatoms. The summed E-state index contributed by atoms with van der Waals surface area (Å²) in [5, 5.41) is 2.58. The minimum atomic E-state index is -0.639. The van der Waals surface area contributed by atoms with E-state index in [9.17, 15) is 14.4 Å². The minimum Gasteiger partial charge on any atom is -0.490 e. The summed E-state index contributed by atoms with van der Waals surface area (Å²) in [7, 11) is 1.24. The Balaban J connectivity index is 1.83. The second kappa shape index (κ2) is 10.7. The molecule has 1 aliphatic rings. The molecule has 33 heavy (non-hydrogen) atoms. The summed E-state index contributed by atoms with van der Waals surface area (Å²) in [6.07, 6.45) is 2.45. The lowest BCUT2D eigenvalue weighted by Crippen LogP contribution is -2.30. The van der Waals surface area contributed by atoms with E-state index in [2.05, 4.69) is 32.6 Å². The Kier molecular flexibility index (Phi) is 8.01. The van der Waals surface area contributed by atoms with E-state index in [1.54, 1.807) is 12.1 Å². The number of rotatable bonds is 9. The zero-order valence-corrected chi connectivity index (χ0v) is 20.9. The van der Waals surface area contributed by atoms with E-state index in [1.807, 2.05) is 26.8 Å². The van der Waals surface area contributed by atoms with Gasteiger partial charge in [0.25, 0.3) is 5.91 Å². The smallest absolute Gasteiger partial charge is 0.373 e. The van der Waals surface area contributed by atoms with Gasteiger partial charge in [0.05, 0.1) is 29.9 Å². The summed E-state index contributed by atoms with van der Waals surface area (Å²) >= 11 is 2.16. The first-order valence-electron chi connectivity index (χ1n) is 10.4. The number of hydrogen-bond donors (Lipinski definition) is 1. The molecular formula is C23H25IN2O7. The highest BCUT2D eigenvalue weighted by Crippen LogP contribution is 2.36. The molecule has 3 rings (SSSR count). The highest BCUT2D eigenvalue weighted by atomic mass is 127. The molecule has 0 saturated carbocycles. The lowest BCUT2D eigenvalue weighted by atomic mass is 10.1. The van der Waals surface area contributed by atoms with Gasteiger partial charge in [0.1, 0.15) is 11.5 Å². The number of esters is 1. The molecule has 0 bridgehead atoms. The van der Waals surface area contributed by atoms with Crippen LogP contribution in [0.1, 0.15) is 49.1 Å². The summed E-state index contributed by atoms with van der Waals surface area (Å²) in [5.74, 6) is 0.337. The van der Waals surface area contributed by atoms with Crippen molar-refractivity contribution in [2.75, 3.05) is 13.7 Å². The SMILES string of the molecule is CCOc1cc(/C=C2\NC(=O)N(Cc3ccc(C(=O)OC)o3)C2=O)cc(I)c1O[C@H](C)CC. The van der Waals surface area contributed by atoms with Crippen LogP contribution in [0.5, 0.6) is 11.5 Å². The van der Waals surface area contributed by atoms with Gasteiger partial charge in [-0.05, 0) is 78.8 Å². The predicted molar refractivity (Wildman–Crippen MR) is 128 cm³/mol. The number of nitrogens with one attached hydrogen (secondary N) is 1. The van der Waals surface area contributed by atoms with Crippen LogP contribution in [0.4, 0.5) is 4.79 Å². The number of carbonyl (C=O) groups is 3. The van der Waals surface area contributed by atoms with Gasteiger partial charge < -0.3 is 23.9 Å². The van der Waals surface area contributed by atoms with Crippen LogP contribution in [0.2, 0.25) is 0 Å². The average molecular weight is 568 g/mol. The van der Waals surface area contributed by atoms with Crippen molar-refractivity contribution in [3.05, 3.63) is 50.6 Å². The summed E-state index contributed by atoms with van der Waals surface area (Å²) in [6, 6.07) is 5.98. The predicted octanol–water partition coefficient (Wildman–Crippen LogP) is 4.34. The van der Waals surface area contributed by atoms with Gasteiger partial charge in [-0.1, -0.05) is 6.92 Å². The van der Waals surface area contributed by atoms with Gasteiger partial charge in [-0.3, -0.25) is 9.69 Å². The van der Waals surface area contributed by atoms with Crippen LogP contribution >= 0.6 is 22.6 Å². The third kappa shape index (κ3) is 5.67. The van der Waals surface area contributed by atoms with Gasteiger partial charge in [0.15, 0.2) is 11.5 Å². The van der Waals surface area contributed by atoms with Gasteiger partial charge in [-0.2, -0.15) is 0 Å². The van der Waals surface area contributed by atoms with Gasteiger partial charge in [0, 0.05) is 0 Å². The first-order chi connectivity index (χ1) is 15.8. The van der Waals surface area contributed by atoms with Crippen molar-refractivity contribution in [3.8, 4) is 11.5 Å². The number of amides is 3. The summed E-state index contributed by atoms with van der Waals surface area (Å²) in [6.45, 7) is 6.23. The minimum absolute atomic E-state index is 0.00644. The molecule has 176 valence electrons. The first-order valence-corrected chi connectivity index (χ1v) is 11.5. The number of ether oxygens (including phenoxy) is 3. The third-order valence-electron chi connectivity index (χ3n) is 4.86. The maximum atomic E-state index is 12.9. The zero-order chi connectivity index (χ0) is 24.1. The molecule has 3 amide bonds. The van der Waals surface area contributed by atoms with E-state index in [1.165, 1.54) is 19.2 Å². The third-order valence-corrected chi connectivity index (χ3v) is 5.66. The van der Waals surface area contributed by atoms with Crippen molar-refractivity contribution in [2.45, 2.75) is 39.8 Å². The van der Waals surface area contributed by atoms with Crippen LogP contribution in [0.25, 0.3) is 6.08 Å². The van der Waals surface area contributed by atoms with Gasteiger partial charge >= 0.3 is 12.0 Å². The maximum Gasteiger partial charge on any atom is 0.373 e. The molecule has 0 spiro atoms. The van der Waals surface area contributed by atoms with Crippen molar-refractivity contribution in [1.29, 1.82) is 0 Å². The second-order valence-corrected chi connectivity index (χ2v) is 8.40. The Hall–Kier alpha value is -3.02. The lowest BCUT2D eigenvalue weighted by Gasteiger charge is -2.18. The van der Waals surface area contributed by atoms with E-state index in [0.717, 1.165) is 14.9 Å². The topological polar surface area (TPSA) is 107 Å². The second-order valence-electron chi connectivity index (χ2n) is 7.24.